The number of carboxylic acid groups (broad SMARTS) is 1. The lowest BCUT2D eigenvalue weighted by Crippen LogP contribution is -2.55. The van der Waals surface area contributed by atoms with E-state index in [1.165, 1.54) is 11.3 Å². The van der Waals surface area contributed by atoms with Crippen LogP contribution in [0.4, 0.5) is 13.2 Å². The quantitative estimate of drug-likeness (QED) is 0.218. The topological polar surface area (TPSA) is 107 Å². The molecule has 48 heavy (non-hydrogen) atoms. The van der Waals surface area contributed by atoms with Gasteiger partial charge in [0, 0.05) is 52.3 Å². The van der Waals surface area contributed by atoms with Gasteiger partial charge in [-0.3, -0.25) is 24.0 Å². The summed E-state index contributed by atoms with van der Waals surface area (Å²) in [6.45, 7) is 10.6. The highest BCUT2D eigenvalue weighted by atomic mass is 32.1. The van der Waals surface area contributed by atoms with Gasteiger partial charge in [0.1, 0.15) is 18.2 Å². The number of hydrogen-bond acceptors (Lipinski definition) is 8. The first-order valence-corrected chi connectivity index (χ1v) is 16.9. The summed E-state index contributed by atoms with van der Waals surface area (Å²) in [4.78, 5) is 37.2. The highest BCUT2D eigenvalue weighted by molar-refractivity contribution is 7.18. The number of piperidine rings is 1. The second-order valence-corrected chi connectivity index (χ2v) is 14.4. The maximum absolute atomic E-state index is 13.9. The molecule has 2 atom stereocenters. The first-order valence-electron chi connectivity index (χ1n) is 16.0. The molecular weight excluding hydrogens is 645 g/mol. The molecule has 1 aliphatic carbocycles. The first kappa shape index (κ1) is 34.1. The van der Waals surface area contributed by atoms with E-state index < -0.39 is 23.9 Å². The third-order valence-electron chi connectivity index (χ3n) is 9.53. The van der Waals surface area contributed by atoms with Gasteiger partial charge < -0.3 is 9.84 Å². The molecule has 9 nitrogen and oxygen atoms in total. The van der Waals surface area contributed by atoms with Gasteiger partial charge in [-0.05, 0) is 64.7 Å². The monoisotopic (exact) mass is 684 g/mol. The number of carboxylic acids is 1. The fraction of sp³-hybridized carbons (Fsp3) is 0.486. The Bertz CT molecular complexity index is 1940. The van der Waals surface area contributed by atoms with Crippen molar-refractivity contribution in [1.82, 2.24) is 19.4 Å². The maximum atomic E-state index is 13.9. The number of ether oxygens (including phenoxy) is 2. The van der Waals surface area contributed by atoms with E-state index in [4.69, 9.17) is 9.72 Å². The van der Waals surface area contributed by atoms with E-state index in [2.05, 4.69) is 14.6 Å². The number of rotatable bonds is 8. The molecule has 6 rings (SSSR count). The van der Waals surface area contributed by atoms with Crippen molar-refractivity contribution in [3.05, 3.63) is 73.9 Å². The zero-order chi connectivity index (χ0) is 34.5. The molecule has 1 N–H and O–H groups in total. The van der Waals surface area contributed by atoms with Crippen molar-refractivity contribution in [1.29, 1.82) is 0 Å². The average Bonchev–Trinajstić information content (AvgIpc) is 3.43. The Kier molecular flexibility index (Phi) is 9.16. The minimum absolute atomic E-state index is 0.0279. The SMILES string of the molecule is Cc1ccc(OCCn2c(C)nc3c(c2=O)CC(N2CC[C@@H](OC(F)(F)F)C(C)(C)C2)CC3)c(-c2cc(C)nc3c(C(=O)O)csc23)c1. The second-order valence-electron chi connectivity index (χ2n) is 13.5. The Balaban J connectivity index is 1.20. The van der Waals surface area contributed by atoms with Gasteiger partial charge in [-0.15, -0.1) is 24.5 Å². The summed E-state index contributed by atoms with van der Waals surface area (Å²) in [5.41, 5.74) is 4.58. The molecule has 1 unspecified atom stereocenters. The van der Waals surface area contributed by atoms with Gasteiger partial charge in [-0.1, -0.05) is 25.5 Å². The number of alkyl halides is 3. The number of hydrogen-bond donors (Lipinski definition) is 1. The molecule has 13 heteroatoms. The number of likely N-dealkylation sites (tertiary alicyclic amines) is 1. The van der Waals surface area contributed by atoms with Crippen LogP contribution in [-0.2, 0) is 24.1 Å². The molecule has 0 radical (unpaired) electrons. The molecule has 0 amide bonds. The lowest BCUT2D eigenvalue weighted by Gasteiger charge is -2.47. The highest BCUT2D eigenvalue weighted by Gasteiger charge is 2.45. The fourth-order valence-electron chi connectivity index (χ4n) is 7.17. The summed E-state index contributed by atoms with van der Waals surface area (Å²) in [5.74, 6) is 0.179. The lowest BCUT2D eigenvalue weighted by atomic mass is 9.79. The molecule has 1 aliphatic heterocycles. The Morgan fingerprint density at radius 3 is 2.60 bits per heavy atom. The van der Waals surface area contributed by atoms with Crippen LogP contribution in [0.2, 0.25) is 0 Å². The standard InChI is InChI=1S/C35H39F3N4O5S/c1-19-6-9-28(23(14-19)24-15-20(2)39-30-26(33(44)45)17-48-31(24)30)46-13-12-42-21(3)40-27-8-7-22(16-25(27)32(42)43)41-11-10-29(34(4,5)18-41)47-35(36,37)38/h6,9,14-15,17,22,29H,7-8,10-13,16,18H2,1-5H3,(H,44,45)/t22?,29-/m1/s1. The molecule has 3 aromatic heterocycles. The van der Waals surface area contributed by atoms with Gasteiger partial charge in [0.25, 0.3) is 5.56 Å². The Morgan fingerprint density at radius 2 is 1.90 bits per heavy atom. The zero-order valence-corrected chi connectivity index (χ0v) is 28.4. The van der Waals surface area contributed by atoms with Gasteiger partial charge in [0.05, 0.1) is 34.1 Å². The number of nitrogens with zero attached hydrogens (tertiary/aromatic N) is 4. The number of aryl methyl sites for hydroxylation is 4. The van der Waals surface area contributed by atoms with Crippen LogP contribution in [0.3, 0.4) is 0 Å². The van der Waals surface area contributed by atoms with Crippen molar-refractivity contribution in [3.63, 3.8) is 0 Å². The third-order valence-corrected chi connectivity index (χ3v) is 10.5. The Labute approximate surface area is 280 Å². The normalized spacial score (nSPS) is 19.8. The Morgan fingerprint density at radius 1 is 1.12 bits per heavy atom. The van der Waals surface area contributed by atoms with Crippen molar-refractivity contribution in [2.75, 3.05) is 19.7 Å². The highest BCUT2D eigenvalue weighted by Crippen LogP contribution is 2.40. The van der Waals surface area contributed by atoms with Gasteiger partial charge >= 0.3 is 12.3 Å². The largest absolute Gasteiger partial charge is 0.522 e. The van der Waals surface area contributed by atoms with Crippen LogP contribution < -0.4 is 10.3 Å². The van der Waals surface area contributed by atoms with Crippen molar-refractivity contribution < 1.29 is 32.5 Å². The molecule has 1 saturated heterocycles. The Hall–Kier alpha value is -3.81. The molecule has 1 aromatic carbocycles. The molecule has 2 aliphatic rings. The number of carbonyl (C=O) groups is 1. The van der Waals surface area contributed by atoms with E-state index in [0.29, 0.717) is 54.3 Å². The van der Waals surface area contributed by atoms with Crippen molar-refractivity contribution >= 4 is 27.5 Å². The second kappa shape index (κ2) is 12.9. The lowest BCUT2D eigenvalue weighted by molar-refractivity contribution is -0.358. The molecule has 0 spiro atoms. The van der Waals surface area contributed by atoms with E-state index in [1.54, 1.807) is 23.8 Å². The van der Waals surface area contributed by atoms with Crippen LogP contribution in [-0.4, -0.2) is 68.7 Å². The van der Waals surface area contributed by atoms with Crippen LogP contribution in [0.15, 0.2) is 34.4 Å². The molecule has 256 valence electrons. The van der Waals surface area contributed by atoms with Gasteiger partial charge in [-0.25, -0.2) is 9.78 Å². The number of benzene rings is 1. The van der Waals surface area contributed by atoms with Crippen LogP contribution in [0.1, 0.15) is 65.4 Å². The summed E-state index contributed by atoms with van der Waals surface area (Å²) in [6.07, 6.45) is -3.42. The number of fused-ring (bicyclic) bond motifs is 2. The van der Waals surface area contributed by atoms with Crippen molar-refractivity contribution in [2.24, 2.45) is 5.41 Å². The van der Waals surface area contributed by atoms with Crippen LogP contribution in [0.25, 0.3) is 21.3 Å². The van der Waals surface area contributed by atoms with Gasteiger partial charge in [-0.2, -0.15) is 0 Å². The van der Waals surface area contributed by atoms with E-state index in [0.717, 1.165) is 33.5 Å². The molecule has 0 saturated carbocycles. The van der Waals surface area contributed by atoms with Crippen LogP contribution in [0, 0.1) is 26.2 Å². The third kappa shape index (κ3) is 6.85. The molecule has 0 bridgehead atoms. The van der Waals surface area contributed by atoms with Gasteiger partial charge in [0.15, 0.2) is 0 Å². The number of halogens is 3. The van der Waals surface area contributed by atoms with E-state index >= 15 is 0 Å². The first-order chi connectivity index (χ1) is 22.6. The van der Waals surface area contributed by atoms with Crippen LogP contribution >= 0.6 is 11.3 Å². The minimum Gasteiger partial charge on any atom is -0.491 e. The fourth-order valence-corrected chi connectivity index (χ4v) is 8.18. The van der Waals surface area contributed by atoms with Crippen molar-refractivity contribution in [3.8, 4) is 16.9 Å². The zero-order valence-electron chi connectivity index (χ0n) is 27.6. The van der Waals surface area contributed by atoms with Gasteiger partial charge in [0.2, 0.25) is 0 Å². The van der Waals surface area contributed by atoms with Crippen LogP contribution in [0.5, 0.6) is 5.75 Å². The predicted molar refractivity (Wildman–Crippen MR) is 177 cm³/mol. The molecular formula is C35H39F3N4O5S. The van der Waals surface area contributed by atoms with E-state index in [9.17, 15) is 27.9 Å². The molecule has 4 aromatic rings. The van der Waals surface area contributed by atoms with Crippen molar-refractivity contribution in [2.45, 2.75) is 85.4 Å². The number of thiophene rings is 1. The van der Waals surface area contributed by atoms with E-state index in [1.807, 2.05) is 45.0 Å². The average molecular weight is 685 g/mol. The minimum atomic E-state index is -4.67. The summed E-state index contributed by atoms with van der Waals surface area (Å²) in [7, 11) is 0. The number of pyridine rings is 1. The smallest absolute Gasteiger partial charge is 0.491 e. The predicted octanol–water partition coefficient (Wildman–Crippen LogP) is 6.72. The summed E-state index contributed by atoms with van der Waals surface area (Å²) >= 11 is 1.33. The van der Waals surface area contributed by atoms with E-state index in [-0.39, 0.29) is 36.7 Å². The maximum Gasteiger partial charge on any atom is 0.522 e. The number of aromatic carboxylic acids is 1. The summed E-state index contributed by atoms with van der Waals surface area (Å²) < 4.78 is 52.2. The number of aromatic nitrogens is 3. The summed E-state index contributed by atoms with van der Waals surface area (Å²) in [6, 6.07) is 7.78. The molecule has 1 fully saturated rings. The summed E-state index contributed by atoms with van der Waals surface area (Å²) in [5, 5.41) is 11.3. The molecule has 4 heterocycles.